The smallest absolute Gasteiger partial charge is 0.264 e. The van der Waals surface area contributed by atoms with E-state index in [2.05, 4.69) is 40.0 Å². The second kappa shape index (κ2) is 17.6. The Bertz CT molecular complexity index is 2800. The number of thiophene rings is 1. The number of fused-ring (bicyclic) bond motifs is 5. The monoisotopic (exact) mass is 899 g/mol. The van der Waals surface area contributed by atoms with Crippen LogP contribution in [0.3, 0.4) is 0 Å². The molecule has 1 saturated heterocycles. The number of amides is 6. The molecule has 2 aromatic heterocycles. The number of aromatic nitrogens is 3. The number of imide groups is 2. The van der Waals surface area contributed by atoms with Crippen molar-refractivity contribution < 1.29 is 28.8 Å². The molecular formula is C47H46ClN9O6S. The molecule has 2 atom stereocenters. The number of nitrogens with zero attached hydrogens (tertiary/aromatic N) is 6. The highest BCUT2D eigenvalue weighted by Crippen LogP contribution is 2.40. The number of carbonyl (C=O) groups is 6. The van der Waals surface area contributed by atoms with Gasteiger partial charge in [0.2, 0.25) is 17.7 Å². The molecule has 9 rings (SSSR count). The minimum atomic E-state index is -1.01. The predicted octanol–water partition coefficient (Wildman–Crippen LogP) is 7.25. The van der Waals surface area contributed by atoms with Gasteiger partial charge in [0, 0.05) is 64.0 Å². The molecule has 3 aromatic carbocycles. The van der Waals surface area contributed by atoms with E-state index in [9.17, 15) is 28.8 Å². The maximum absolute atomic E-state index is 13.8. The normalized spacial score (nSPS) is 17.8. The number of nitrogens with one attached hydrogen (secondary N) is 3. The van der Waals surface area contributed by atoms with E-state index >= 15 is 0 Å². The van der Waals surface area contributed by atoms with Crippen molar-refractivity contribution >= 4 is 75.5 Å². The molecule has 4 aliphatic heterocycles. The molecule has 0 spiro atoms. The third-order valence-corrected chi connectivity index (χ3v) is 13.8. The van der Waals surface area contributed by atoms with Crippen LogP contribution in [0.1, 0.15) is 127 Å². The fraction of sp³-hybridized carbons (Fsp3) is 0.340. The average molecular weight is 900 g/mol. The minimum Gasteiger partial charge on any atom is -0.384 e. The maximum Gasteiger partial charge on any atom is 0.264 e. The van der Waals surface area contributed by atoms with Crippen molar-refractivity contribution in [1.29, 1.82) is 0 Å². The van der Waals surface area contributed by atoms with Gasteiger partial charge in [0.25, 0.3) is 17.7 Å². The van der Waals surface area contributed by atoms with Crippen molar-refractivity contribution in [1.82, 2.24) is 29.9 Å². The molecule has 1 unspecified atom stereocenters. The first-order valence-corrected chi connectivity index (χ1v) is 22.7. The summed E-state index contributed by atoms with van der Waals surface area (Å²) in [6.07, 6.45) is 4.66. The third-order valence-electron chi connectivity index (χ3n) is 12.4. The molecule has 328 valence electrons. The lowest BCUT2D eigenvalue weighted by atomic mass is 9.99. The van der Waals surface area contributed by atoms with E-state index in [1.807, 2.05) is 52.8 Å². The summed E-state index contributed by atoms with van der Waals surface area (Å²) in [5.74, 6) is -1.14. The first kappa shape index (κ1) is 42.8. The summed E-state index contributed by atoms with van der Waals surface area (Å²) in [7, 11) is 0. The van der Waals surface area contributed by atoms with E-state index in [4.69, 9.17) is 16.6 Å². The van der Waals surface area contributed by atoms with Gasteiger partial charge in [-0.1, -0.05) is 55.1 Å². The van der Waals surface area contributed by atoms with Crippen LogP contribution in [0.2, 0.25) is 5.02 Å². The SMILES string of the molecule is Cc1sc2c(c1C)C(c1ccc(Cl)cc1)=N[C@@H](CC(=O)Nc1ccc3c(c1)C(=O)N(CCCCCCCNc1cccc4c1C(=O)N(C1CCC(=O)NC1=O)C4=O)C3)c1nnc(C)n1-2. The van der Waals surface area contributed by atoms with Crippen molar-refractivity contribution in [3.05, 3.63) is 121 Å². The number of carbonyl (C=O) groups excluding carboxylic acids is 6. The standard InChI is InChI=1S/C47H46ClN9O6S/c1-25-26(2)64-47-39(25)41(28-12-15-30(48)16-13-28)51-35(42-54-53-27(3)56(42)47)23-38(59)50-31-17-14-29-24-55(44(61)33(29)22-31)21-8-6-4-5-7-20-49-34-11-9-10-32-40(34)46(63)57(45(32)62)36-18-19-37(58)52-43(36)60/h9-17,22,35-36,49H,4-8,18-21,23-24H2,1-3H3,(H,50,59)(H,52,58,60)/t35-,36?/m0/s1. The number of hydrogen-bond donors (Lipinski definition) is 3. The Hall–Kier alpha value is -6.52. The topological polar surface area (TPSA) is 188 Å². The maximum atomic E-state index is 13.8. The highest BCUT2D eigenvalue weighted by molar-refractivity contribution is 7.15. The van der Waals surface area contributed by atoms with E-state index in [0.29, 0.717) is 53.2 Å². The van der Waals surface area contributed by atoms with Gasteiger partial charge in [0.05, 0.1) is 23.3 Å². The minimum absolute atomic E-state index is 0.00947. The Balaban J connectivity index is 0.761. The number of piperidine rings is 1. The summed E-state index contributed by atoms with van der Waals surface area (Å²) in [6, 6.07) is 16.4. The first-order valence-electron chi connectivity index (χ1n) is 21.5. The summed E-state index contributed by atoms with van der Waals surface area (Å²) in [6.45, 7) is 7.78. The molecular weight excluding hydrogens is 854 g/mol. The van der Waals surface area contributed by atoms with Crippen molar-refractivity contribution in [2.75, 3.05) is 23.7 Å². The Labute approximate surface area is 378 Å². The van der Waals surface area contributed by atoms with Crippen LogP contribution in [-0.4, -0.2) is 84.9 Å². The molecule has 0 saturated carbocycles. The zero-order chi connectivity index (χ0) is 44.8. The van der Waals surface area contributed by atoms with Crippen LogP contribution in [0.15, 0.2) is 65.7 Å². The molecule has 6 heterocycles. The second-order valence-corrected chi connectivity index (χ2v) is 18.3. The van der Waals surface area contributed by atoms with Crippen LogP contribution >= 0.6 is 22.9 Å². The molecule has 6 amide bonds. The molecule has 0 bridgehead atoms. The third kappa shape index (κ3) is 8.00. The predicted molar refractivity (Wildman–Crippen MR) is 242 cm³/mol. The lowest BCUT2D eigenvalue weighted by Crippen LogP contribution is -2.54. The Morgan fingerprint density at radius 2 is 1.66 bits per heavy atom. The van der Waals surface area contributed by atoms with Gasteiger partial charge in [0.15, 0.2) is 5.82 Å². The molecule has 0 aliphatic carbocycles. The molecule has 64 heavy (non-hydrogen) atoms. The summed E-state index contributed by atoms with van der Waals surface area (Å²) in [5.41, 5.74) is 6.83. The summed E-state index contributed by atoms with van der Waals surface area (Å²) in [4.78, 5) is 87.1. The van der Waals surface area contributed by atoms with Gasteiger partial charge in [-0.25, -0.2) is 0 Å². The number of rotatable bonds is 14. The summed E-state index contributed by atoms with van der Waals surface area (Å²) in [5, 5.41) is 19.0. The van der Waals surface area contributed by atoms with Gasteiger partial charge in [-0.3, -0.25) is 48.5 Å². The number of aliphatic imine (C=N–C) groups is 1. The summed E-state index contributed by atoms with van der Waals surface area (Å²) < 4.78 is 2.01. The molecule has 5 aromatic rings. The molecule has 0 radical (unpaired) electrons. The zero-order valence-electron chi connectivity index (χ0n) is 35.6. The van der Waals surface area contributed by atoms with Crippen LogP contribution < -0.4 is 16.0 Å². The van der Waals surface area contributed by atoms with Gasteiger partial charge in [-0.15, -0.1) is 21.5 Å². The average Bonchev–Trinajstić information content (AvgIpc) is 3.95. The number of aryl methyl sites for hydroxylation is 2. The van der Waals surface area contributed by atoms with Crippen molar-refractivity contribution in [2.24, 2.45) is 4.99 Å². The van der Waals surface area contributed by atoms with Gasteiger partial charge in [-0.05, 0) is 87.6 Å². The van der Waals surface area contributed by atoms with Crippen LogP contribution in [-0.2, 0) is 20.9 Å². The van der Waals surface area contributed by atoms with Gasteiger partial charge in [0.1, 0.15) is 22.9 Å². The Kier molecular flexibility index (Phi) is 11.7. The number of anilines is 2. The first-order chi connectivity index (χ1) is 30.9. The van der Waals surface area contributed by atoms with E-state index < -0.39 is 35.7 Å². The van der Waals surface area contributed by atoms with E-state index in [1.54, 1.807) is 35.6 Å². The molecule has 17 heteroatoms. The highest BCUT2D eigenvalue weighted by Gasteiger charge is 2.45. The van der Waals surface area contributed by atoms with E-state index in [-0.39, 0.29) is 42.2 Å². The highest BCUT2D eigenvalue weighted by atomic mass is 35.5. The Morgan fingerprint density at radius 1 is 0.875 bits per heavy atom. The van der Waals surface area contributed by atoms with Crippen LogP contribution in [0, 0.1) is 20.8 Å². The number of benzene rings is 3. The van der Waals surface area contributed by atoms with Gasteiger partial charge >= 0.3 is 0 Å². The lowest BCUT2D eigenvalue weighted by Gasteiger charge is -2.27. The summed E-state index contributed by atoms with van der Waals surface area (Å²) >= 11 is 7.91. The molecule has 15 nitrogen and oxygen atoms in total. The van der Waals surface area contributed by atoms with Crippen LogP contribution in [0.5, 0.6) is 0 Å². The fourth-order valence-electron chi connectivity index (χ4n) is 8.98. The molecule has 3 N–H and O–H groups in total. The second-order valence-electron chi connectivity index (χ2n) is 16.6. The van der Waals surface area contributed by atoms with Crippen LogP contribution in [0.25, 0.3) is 5.00 Å². The number of unbranched alkanes of at least 4 members (excludes halogenated alkanes) is 4. The number of hydrogen-bond acceptors (Lipinski definition) is 11. The quantitative estimate of drug-likeness (QED) is 0.0762. The van der Waals surface area contributed by atoms with E-state index in [0.717, 1.165) is 74.8 Å². The van der Waals surface area contributed by atoms with Crippen molar-refractivity contribution in [3.8, 4) is 5.00 Å². The van der Waals surface area contributed by atoms with Gasteiger partial charge < -0.3 is 15.5 Å². The molecule has 1 fully saturated rings. The van der Waals surface area contributed by atoms with Gasteiger partial charge in [-0.2, -0.15) is 0 Å². The van der Waals surface area contributed by atoms with Crippen molar-refractivity contribution in [3.63, 3.8) is 0 Å². The van der Waals surface area contributed by atoms with Crippen LogP contribution in [0.4, 0.5) is 11.4 Å². The van der Waals surface area contributed by atoms with E-state index in [1.165, 1.54) is 0 Å². The fourth-order valence-corrected chi connectivity index (χ4v) is 10.3. The largest absolute Gasteiger partial charge is 0.384 e. The zero-order valence-corrected chi connectivity index (χ0v) is 37.2. The van der Waals surface area contributed by atoms with Crippen molar-refractivity contribution in [2.45, 2.75) is 90.8 Å². The number of halogens is 1. The Morgan fingerprint density at radius 3 is 2.45 bits per heavy atom. The molecule has 4 aliphatic rings. The lowest BCUT2D eigenvalue weighted by molar-refractivity contribution is -0.136.